The van der Waals surface area contributed by atoms with E-state index in [1.54, 1.807) is 43.1 Å². The number of aromatic carboxylic acids is 1. The minimum absolute atomic E-state index is 0.107. The number of amides is 2. The summed E-state index contributed by atoms with van der Waals surface area (Å²) in [5, 5.41) is 8.82. The van der Waals surface area contributed by atoms with Gasteiger partial charge in [0.2, 0.25) is 0 Å². The molecule has 0 bridgehead atoms. The number of carboxylic acid groups (broad SMARTS) is 1. The van der Waals surface area contributed by atoms with E-state index in [0.717, 1.165) is 5.56 Å². The van der Waals surface area contributed by atoms with Crippen molar-refractivity contribution in [3.05, 3.63) is 35.4 Å². The molecule has 0 saturated heterocycles. The van der Waals surface area contributed by atoms with Gasteiger partial charge in [-0.3, -0.25) is 0 Å². The number of methoxy groups -OCH3 is 1. The number of likely N-dealkylation sites (N-methyl/N-ethyl adjacent to an activating group) is 1. The molecule has 0 saturated carbocycles. The van der Waals surface area contributed by atoms with Crippen LogP contribution in [0.3, 0.4) is 0 Å². The van der Waals surface area contributed by atoms with Crippen molar-refractivity contribution in [1.82, 2.24) is 9.80 Å². The Morgan fingerprint density at radius 1 is 1.15 bits per heavy atom. The number of urea groups is 1. The molecule has 1 N–H and O–H groups in total. The summed E-state index contributed by atoms with van der Waals surface area (Å²) in [6.07, 6.45) is 0. The molecule has 2 amide bonds. The van der Waals surface area contributed by atoms with Crippen molar-refractivity contribution in [3.63, 3.8) is 0 Å². The maximum Gasteiger partial charge on any atom is 0.335 e. The molecule has 6 nitrogen and oxygen atoms in total. The first kappa shape index (κ1) is 16.0. The van der Waals surface area contributed by atoms with Crippen molar-refractivity contribution in [2.75, 3.05) is 34.4 Å². The molecule has 0 spiro atoms. The zero-order chi connectivity index (χ0) is 15.1. The number of rotatable bonds is 6. The molecule has 6 heteroatoms. The van der Waals surface area contributed by atoms with Gasteiger partial charge in [-0.15, -0.1) is 0 Å². The average Bonchev–Trinajstić information content (AvgIpc) is 2.44. The molecular weight excluding hydrogens is 260 g/mol. The summed E-state index contributed by atoms with van der Waals surface area (Å²) in [6.45, 7) is 1.44. The predicted molar refractivity (Wildman–Crippen MR) is 74.8 cm³/mol. The highest BCUT2D eigenvalue weighted by molar-refractivity contribution is 5.87. The van der Waals surface area contributed by atoms with Gasteiger partial charge >= 0.3 is 12.0 Å². The van der Waals surface area contributed by atoms with E-state index in [1.165, 1.54) is 12.1 Å². The van der Waals surface area contributed by atoms with Gasteiger partial charge in [0.05, 0.1) is 12.2 Å². The minimum atomic E-state index is -0.958. The smallest absolute Gasteiger partial charge is 0.335 e. The minimum Gasteiger partial charge on any atom is -0.478 e. The van der Waals surface area contributed by atoms with Crippen molar-refractivity contribution in [2.24, 2.45) is 0 Å². The molecule has 110 valence electrons. The van der Waals surface area contributed by atoms with Crippen LogP contribution >= 0.6 is 0 Å². The van der Waals surface area contributed by atoms with Crippen LogP contribution in [0.1, 0.15) is 15.9 Å². The number of hydrogen-bond donors (Lipinski definition) is 1. The van der Waals surface area contributed by atoms with Crippen LogP contribution in [0.5, 0.6) is 0 Å². The van der Waals surface area contributed by atoms with E-state index in [4.69, 9.17) is 9.84 Å². The van der Waals surface area contributed by atoms with Crippen LogP contribution in [0, 0.1) is 0 Å². The number of carbonyl (C=O) groups excluding carboxylic acids is 1. The summed E-state index contributed by atoms with van der Waals surface area (Å²) < 4.78 is 4.93. The molecule has 0 aliphatic rings. The highest BCUT2D eigenvalue weighted by atomic mass is 16.5. The molecular formula is C14H20N2O4. The van der Waals surface area contributed by atoms with Gasteiger partial charge in [-0.25, -0.2) is 9.59 Å². The van der Waals surface area contributed by atoms with E-state index in [1.807, 2.05) is 0 Å². The first-order valence-electron chi connectivity index (χ1n) is 6.23. The molecule has 0 unspecified atom stereocenters. The van der Waals surface area contributed by atoms with Gasteiger partial charge in [0.15, 0.2) is 0 Å². The normalized spacial score (nSPS) is 10.2. The SMILES string of the molecule is COCCN(C)C(=O)N(C)Cc1ccc(C(=O)O)cc1. The largest absolute Gasteiger partial charge is 0.478 e. The fourth-order valence-corrected chi connectivity index (χ4v) is 1.71. The zero-order valence-corrected chi connectivity index (χ0v) is 12.0. The summed E-state index contributed by atoms with van der Waals surface area (Å²) in [6, 6.07) is 6.38. The molecule has 1 rings (SSSR count). The molecule has 1 aromatic rings. The molecule has 0 aliphatic carbocycles. The summed E-state index contributed by atoms with van der Waals surface area (Å²) in [5.74, 6) is -0.958. The molecule has 0 radical (unpaired) electrons. The molecule has 20 heavy (non-hydrogen) atoms. The summed E-state index contributed by atoms with van der Waals surface area (Å²) >= 11 is 0. The number of benzene rings is 1. The first-order chi connectivity index (χ1) is 9.45. The van der Waals surface area contributed by atoms with E-state index in [-0.39, 0.29) is 11.6 Å². The third kappa shape index (κ3) is 4.55. The fourth-order valence-electron chi connectivity index (χ4n) is 1.71. The van der Waals surface area contributed by atoms with Crippen LogP contribution in [0.2, 0.25) is 0 Å². The lowest BCUT2D eigenvalue weighted by Crippen LogP contribution is -2.39. The van der Waals surface area contributed by atoms with Crippen LogP contribution < -0.4 is 0 Å². The van der Waals surface area contributed by atoms with Crippen molar-refractivity contribution < 1.29 is 19.4 Å². The Labute approximate surface area is 118 Å². The molecule has 0 heterocycles. The van der Waals surface area contributed by atoms with Crippen LogP contribution in [-0.2, 0) is 11.3 Å². The van der Waals surface area contributed by atoms with Crippen molar-refractivity contribution in [2.45, 2.75) is 6.54 Å². The lowest BCUT2D eigenvalue weighted by molar-refractivity contribution is 0.0697. The van der Waals surface area contributed by atoms with Gasteiger partial charge in [-0.2, -0.15) is 0 Å². The second-order valence-corrected chi connectivity index (χ2v) is 4.56. The molecule has 1 aromatic carbocycles. The van der Waals surface area contributed by atoms with Crippen molar-refractivity contribution in [3.8, 4) is 0 Å². The number of carboxylic acids is 1. The monoisotopic (exact) mass is 280 g/mol. The Hall–Kier alpha value is -2.08. The van der Waals surface area contributed by atoms with Gasteiger partial charge in [0.25, 0.3) is 0 Å². The van der Waals surface area contributed by atoms with Crippen LogP contribution in [0.4, 0.5) is 4.79 Å². The third-order valence-corrected chi connectivity index (χ3v) is 2.90. The zero-order valence-electron chi connectivity index (χ0n) is 12.0. The van der Waals surface area contributed by atoms with Crippen molar-refractivity contribution in [1.29, 1.82) is 0 Å². The first-order valence-corrected chi connectivity index (χ1v) is 6.23. The van der Waals surface area contributed by atoms with E-state index >= 15 is 0 Å². The Morgan fingerprint density at radius 2 is 1.75 bits per heavy atom. The third-order valence-electron chi connectivity index (χ3n) is 2.90. The second kappa shape index (κ2) is 7.49. The Kier molecular flexibility index (Phi) is 5.99. The predicted octanol–water partition coefficient (Wildman–Crippen LogP) is 1.51. The van der Waals surface area contributed by atoms with E-state index in [2.05, 4.69) is 0 Å². The topological polar surface area (TPSA) is 70.1 Å². The Bertz CT molecular complexity index is 459. The second-order valence-electron chi connectivity index (χ2n) is 4.56. The van der Waals surface area contributed by atoms with Gasteiger partial charge in [-0.05, 0) is 17.7 Å². The Morgan fingerprint density at radius 3 is 2.25 bits per heavy atom. The number of hydrogen-bond acceptors (Lipinski definition) is 3. The molecule has 0 fully saturated rings. The molecule has 0 aliphatic heterocycles. The lowest BCUT2D eigenvalue weighted by atomic mass is 10.1. The highest BCUT2D eigenvalue weighted by Gasteiger charge is 2.14. The average molecular weight is 280 g/mol. The summed E-state index contributed by atoms with van der Waals surface area (Å²) in [4.78, 5) is 25.9. The van der Waals surface area contributed by atoms with Crippen LogP contribution in [-0.4, -0.2) is 61.3 Å². The number of nitrogens with zero attached hydrogens (tertiary/aromatic N) is 2. The van der Waals surface area contributed by atoms with Crippen molar-refractivity contribution >= 4 is 12.0 Å². The van der Waals surface area contributed by atoms with Gasteiger partial charge in [0.1, 0.15) is 0 Å². The highest BCUT2D eigenvalue weighted by Crippen LogP contribution is 2.08. The summed E-state index contributed by atoms with van der Waals surface area (Å²) in [5.41, 5.74) is 1.12. The fraction of sp³-hybridized carbons (Fsp3) is 0.429. The van der Waals surface area contributed by atoms with Crippen LogP contribution in [0.25, 0.3) is 0 Å². The summed E-state index contributed by atoms with van der Waals surface area (Å²) in [7, 11) is 5.01. The van der Waals surface area contributed by atoms with Gasteiger partial charge < -0.3 is 19.6 Å². The van der Waals surface area contributed by atoms with Gasteiger partial charge in [-0.1, -0.05) is 12.1 Å². The number of carbonyl (C=O) groups is 2. The van der Waals surface area contributed by atoms with Gasteiger partial charge in [0, 0.05) is 34.3 Å². The quantitative estimate of drug-likeness (QED) is 0.857. The van der Waals surface area contributed by atoms with Crippen LogP contribution in [0.15, 0.2) is 24.3 Å². The van der Waals surface area contributed by atoms with E-state index in [0.29, 0.717) is 19.7 Å². The molecule has 0 atom stereocenters. The molecule has 0 aromatic heterocycles. The standard InChI is InChI=1S/C14H20N2O4/c1-15(8-9-20-3)14(19)16(2)10-11-4-6-12(7-5-11)13(17)18/h4-7H,8-10H2,1-3H3,(H,17,18). The number of ether oxygens (including phenoxy) is 1. The van der Waals surface area contributed by atoms with E-state index in [9.17, 15) is 9.59 Å². The van der Waals surface area contributed by atoms with E-state index < -0.39 is 5.97 Å². The maximum absolute atomic E-state index is 12.0. The Balaban J connectivity index is 2.58. The lowest BCUT2D eigenvalue weighted by Gasteiger charge is -2.24. The maximum atomic E-state index is 12.0.